The van der Waals surface area contributed by atoms with Gasteiger partial charge in [0, 0.05) is 3.57 Å². The van der Waals surface area contributed by atoms with Crippen molar-refractivity contribution >= 4 is 80.2 Å². The Balaban J connectivity index is 1.95. The average molecular weight is 458 g/mol. The second-order valence-corrected chi connectivity index (χ2v) is 7.85. The fourth-order valence-corrected chi connectivity index (χ4v) is 3.88. The van der Waals surface area contributed by atoms with Gasteiger partial charge in [0.2, 0.25) is 0 Å². The van der Waals surface area contributed by atoms with Crippen molar-refractivity contribution in [1.82, 2.24) is 0 Å². The molecular formula is C16H9ClINOS2. The number of amides is 1. The van der Waals surface area contributed by atoms with Gasteiger partial charge in [-0.25, -0.2) is 0 Å². The first kappa shape index (κ1) is 16.0. The van der Waals surface area contributed by atoms with Crippen LogP contribution in [0.25, 0.3) is 6.08 Å². The van der Waals surface area contributed by atoms with Gasteiger partial charge in [0.1, 0.15) is 0 Å². The molecule has 1 aliphatic rings. The third-order valence-corrected chi connectivity index (χ3v) is 5.40. The van der Waals surface area contributed by atoms with Crippen molar-refractivity contribution in [3.63, 3.8) is 0 Å². The van der Waals surface area contributed by atoms with Gasteiger partial charge in [-0.1, -0.05) is 59.8 Å². The van der Waals surface area contributed by atoms with E-state index in [1.807, 2.05) is 42.5 Å². The number of hydrogen-bond acceptors (Lipinski definition) is 3. The van der Waals surface area contributed by atoms with Gasteiger partial charge >= 0.3 is 0 Å². The predicted molar refractivity (Wildman–Crippen MR) is 106 cm³/mol. The van der Waals surface area contributed by atoms with Crippen molar-refractivity contribution in [2.24, 2.45) is 0 Å². The maximum atomic E-state index is 12.6. The van der Waals surface area contributed by atoms with E-state index in [1.165, 1.54) is 16.7 Å². The molecule has 0 radical (unpaired) electrons. The molecule has 6 heteroatoms. The number of benzene rings is 2. The summed E-state index contributed by atoms with van der Waals surface area (Å²) in [5.74, 6) is -0.137. The molecule has 0 unspecified atom stereocenters. The summed E-state index contributed by atoms with van der Waals surface area (Å²) in [6.07, 6.45) is 1.85. The minimum atomic E-state index is -0.137. The van der Waals surface area contributed by atoms with Crippen LogP contribution >= 0.6 is 58.2 Å². The highest BCUT2D eigenvalue weighted by Gasteiger charge is 2.34. The number of anilines is 1. The highest BCUT2D eigenvalue weighted by Crippen LogP contribution is 2.38. The zero-order valence-corrected chi connectivity index (χ0v) is 15.7. The average Bonchev–Trinajstić information content (AvgIpc) is 2.77. The first-order chi connectivity index (χ1) is 10.6. The molecule has 1 amide bonds. The van der Waals surface area contributed by atoms with Crippen molar-refractivity contribution in [2.75, 3.05) is 4.90 Å². The summed E-state index contributed by atoms with van der Waals surface area (Å²) in [6.45, 7) is 0. The zero-order valence-electron chi connectivity index (χ0n) is 11.1. The smallest absolute Gasteiger partial charge is 0.268 e. The highest BCUT2D eigenvalue weighted by molar-refractivity contribution is 14.1. The first-order valence-corrected chi connectivity index (χ1v) is 9.02. The van der Waals surface area contributed by atoms with Crippen molar-refractivity contribution in [1.29, 1.82) is 0 Å². The monoisotopic (exact) mass is 457 g/mol. The van der Waals surface area contributed by atoms with Gasteiger partial charge in [-0.15, -0.1) is 0 Å². The third-order valence-electron chi connectivity index (χ3n) is 3.05. The predicted octanol–water partition coefficient (Wildman–Crippen LogP) is 5.35. The molecular weight excluding hydrogens is 449 g/mol. The van der Waals surface area contributed by atoms with Gasteiger partial charge in [0.15, 0.2) is 4.32 Å². The zero-order chi connectivity index (χ0) is 15.7. The third kappa shape index (κ3) is 3.22. The largest absolute Gasteiger partial charge is 0.270 e. The molecule has 0 atom stereocenters. The fraction of sp³-hybridized carbons (Fsp3) is 0. The molecule has 2 nitrogen and oxygen atoms in total. The van der Waals surface area contributed by atoms with Crippen molar-refractivity contribution in [3.8, 4) is 0 Å². The van der Waals surface area contributed by atoms with Crippen LogP contribution in [-0.2, 0) is 4.79 Å². The van der Waals surface area contributed by atoms with Gasteiger partial charge in [-0.05, 0) is 58.5 Å². The van der Waals surface area contributed by atoms with E-state index >= 15 is 0 Å². The highest BCUT2D eigenvalue weighted by atomic mass is 127. The normalized spacial score (nSPS) is 16.6. The number of para-hydroxylation sites is 1. The molecule has 0 N–H and O–H groups in total. The molecule has 1 saturated heterocycles. The molecule has 1 fully saturated rings. The van der Waals surface area contributed by atoms with Crippen LogP contribution in [0.15, 0.2) is 53.4 Å². The van der Waals surface area contributed by atoms with Crippen molar-refractivity contribution < 1.29 is 4.79 Å². The van der Waals surface area contributed by atoms with E-state index in [0.29, 0.717) is 19.9 Å². The van der Waals surface area contributed by atoms with E-state index in [9.17, 15) is 4.79 Å². The van der Waals surface area contributed by atoms with Gasteiger partial charge in [0.25, 0.3) is 5.91 Å². The summed E-state index contributed by atoms with van der Waals surface area (Å²) in [7, 11) is 0. The summed E-state index contributed by atoms with van der Waals surface area (Å²) < 4.78 is 1.65. The Hall–Kier alpha value is -0.890. The molecule has 1 heterocycles. The lowest BCUT2D eigenvalue weighted by molar-refractivity contribution is -0.113. The number of thiocarbonyl (C=S) groups is 1. The number of rotatable bonds is 2. The maximum absolute atomic E-state index is 12.6. The molecule has 2 aromatic carbocycles. The number of halogens is 2. The van der Waals surface area contributed by atoms with Crippen LogP contribution < -0.4 is 4.90 Å². The van der Waals surface area contributed by atoms with Crippen LogP contribution in [0.5, 0.6) is 0 Å². The van der Waals surface area contributed by atoms with Gasteiger partial charge in [0.05, 0.1) is 15.6 Å². The summed E-state index contributed by atoms with van der Waals surface area (Å²) in [5, 5.41) is 0.509. The standard InChI is InChI=1S/C16H9ClINOS2/c17-12-3-1-2-4-13(12)19-15(20)14(22-16(19)21)9-10-5-7-11(18)8-6-10/h1-9H. The van der Waals surface area contributed by atoms with Crippen molar-refractivity contribution in [2.45, 2.75) is 0 Å². The Labute approximate surface area is 156 Å². The molecule has 1 aliphatic heterocycles. The van der Waals surface area contributed by atoms with E-state index in [1.54, 1.807) is 12.1 Å². The first-order valence-electron chi connectivity index (χ1n) is 6.34. The van der Waals surface area contributed by atoms with E-state index < -0.39 is 0 Å². The summed E-state index contributed by atoms with van der Waals surface area (Å²) in [6, 6.07) is 15.2. The fourth-order valence-electron chi connectivity index (χ4n) is 2.02. The number of thioether (sulfide) groups is 1. The van der Waals surface area contributed by atoms with Crippen molar-refractivity contribution in [3.05, 3.63) is 67.6 Å². The van der Waals surface area contributed by atoms with E-state index in [-0.39, 0.29) is 5.91 Å². The van der Waals surface area contributed by atoms with Crippen LogP contribution in [0.1, 0.15) is 5.56 Å². The summed E-state index contributed by atoms with van der Waals surface area (Å²) in [5.41, 5.74) is 1.60. The van der Waals surface area contributed by atoms with Crippen LogP contribution in [0, 0.1) is 3.57 Å². The van der Waals surface area contributed by atoms with Crippen LogP contribution in [0.2, 0.25) is 5.02 Å². The molecule has 0 bridgehead atoms. The molecule has 22 heavy (non-hydrogen) atoms. The Morgan fingerprint density at radius 3 is 2.50 bits per heavy atom. The molecule has 0 aliphatic carbocycles. The van der Waals surface area contributed by atoms with Crippen LogP contribution in [0.3, 0.4) is 0 Å². The Bertz CT molecular complexity index is 789. The summed E-state index contributed by atoms with van der Waals surface area (Å²) in [4.78, 5) is 14.7. The molecule has 2 aromatic rings. The van der Waals surface area contributed by atoms with E-state index in [4.69, 9.17) is 23.8 Å². The SMILES string of the molecule is O=C1C(=Cc2ccc(I)cc2)SC(=S)N1c1ccccc1Cl. The molecule has 0 spiro atoms. The second kappa shape index (κ2) is 6.70. The van der Waals surface area contributed by atoms with E-state index in [2.05, 4.69) is 22.6 Å². The Morgan fingerprint density at radius 1 is 1.14 bits per heavy atom. The number of hydrogen-bond donors (Lipinski definition) is 0. The molecule has 0 saturated carbocycles. The van der Waals surface area contributed by atoms with Crippen LogP contribution in [-0.4, -0.2) is 10.2 Å². The van der Waals surface area contributed by atoms with Gasteiger partial charge in [-0.2, -0.15) is 0 Å². The summed E-state index contributed by atoms with van der Waals surface area (Å²) >= 11 is 15.1. The number of carbonyl (C=O) groups excluding carboxylic acids is 1. The van der Waals surface area contributed by atoms with E-state index in [0.717, 1.165) is 9.13 Å². The quantitative estimate of drug-likeness (QED) is 0.344. The molecule has 0 aromatic heterocycles. The maximum Gasteiger partial charge on any atom is 0.270 e. The molecule has 110 valence electrons. The Kier molecular flexibility index (Phi) is 4.87. The van der Waals surface area contributed by atoms with Gasteiger partial charge in [-0.3, -0.25) is 9.69 Å². The minimum absolute atomic E-state index is 0.137. The minimum Gasteiger partial charge on any atom is -0.268 e. The van der Waals surface area contributed by atoms with Gasteiger partial charge < -0.3 is 0 Å². The number of carbonyl (C=O) groups is 1. The lowest BCUT2D eigenvalue weighted by Crippen LogP contribution is -2.27. The second-order valence-electron chi connectivity index (χ2n) is 4.52. The topological polar surface area (TPSA) is 20.3 Å². The Morgan fingerprint density at radius 2 is 1.82 bits per heavy atom. The number of nitrogens with zero attached hydrogens (tertiary/aromatic N) is 1. The molecule has 3 rings (SSSR count). The lowest BCUT2D eigenvalue weighted by atomic mass is 10.2. The van der Waals surface area contributed by atoms with Crippen LogP contribution in [0.4, 0.5) is 5.69 Å². The lowest BCUT2D eigenvalue weighted by Gasteiger charge is -2.15.